The zero-order valence-corrected chi connectivity index (χ0v) is 10.7. The summed E-state index contributed by atoms with van der Waals surface area (Å²) in [4.78, 5) is 2.13. The summed E-state index contributed by atoms with van der Waals surface area (Å²) in [7, 11) is 1.50. The largest absolute Gasteiger partial charge is 0.492 e. The average Bonchev–Trinajstić information content (AvgIpc) is 2.29. The lowest BCUT2D eigenvalue weighted by molar-refractivity contribution is 0.385. The molecule has 0 radical (unpaired) electrons. The molecule has 16 heavy (non-hydrogen) atoms. The third kappa shape index (κ3) is 2.30. The van der Waals surface area contributed by atoms with E-state index in [-0.39, 0.29) is 5.82 Å². The lowest BCUT2D eigenvalue weighted by Gasteiger charge is -2.30. The van der Waals surface area contributed by atoms with Crippen LogP contribution in [0, 0.1) is 5.82 Å². The van der Waals surface area contributed by atoms with Crippen LogP contribution in [-0.2, 0) is 0 Å². The maximum Gasteiger partial charge on any atom is 0.177 e. The summed E-state index contributed by atoms with van der Waals surface area (Å²) >= 11 is 3.31. The van der Waals surface area contributed by atoms with E-state index in [9.17, 15) is 4.39 Å². The number of piperazine rings is 1. The highest BCUT2D eigenvalue weighted by Gasteiger charge is 2.18. The van der Waals surface area contributed by atoms with Crippen molar-refractivity contribution in [2.24, 2.45) is 0 Å². The van der Waals surface area contributed by atoms with Gasteiger partial charge in [-0.2, -0.15) is 0 Å². The van der Waals surface area contributed by atoms with E-state index < -0.39 is 0 Å². The fraction of sp³-hybridized carbons (Fsp3) is 0.455. The summed E-state index contributed by atoms with van der Waals surface area (Å²) in [6.07, 6.45) is 0. The van der Waals surface area contributed by atoms with Gasteiger partial charge in [-0.3, -0.25) is 0 Å². The zero-order chi connectivity index (χ0) is 11.5. The predicted octanol–water partition coefficient (Wildman–Crippen LogP) is 2.01. The van der Waals surface area contributed by atoms with Crippen molar-refractivity contribution in [2.75, 3.05) is 38.2 Å². The van der Waals surface area contributed by atoms with E-state index in [1.54, 1.807) is 0 Å². The van der Waals surface area contributed by atoms with Crippen molar-refractivity contribution < 1.29 is 9.13 Å². The van der Waals surface area contributed by atoms with Crippen molar-refractivity contribution in [3.05, 3.63) is 22.4 Å². The van der Waals surface area contributed by atoms with Crippen molar-refractivity contribution in [3.8, 4) is 5.75 Å². The maximum absolute atomic E-state index is 13.7. The monoisotopic (exact) mass is 288 g/mol. The molecule has 3 nitrogen and oxygen atoms in total. The summed E-state index contributed by atoms with van der Waals surface area (Å²) in [5.41, 5.74) is 0.816. The molecule has 1 heterocycles. The number of ether oxygens (including phenoxy) is 1. The van der Waals surface area contributed by atoms with Crippen LogP contribution in [0.1, 0.15) is 0 Å². The van der Waals surface area contributed by atoms with Crippen LogP contribution in [0.15, 0.2) is 16.6 Å². The summed E-state index contributed by atoms with van der Waals surface area (Å²) in [5, 5.41) is 3.26. The molecule has 1 aromatic carbocycles. The molecule has 1 fully saturated rings. The van der Waals surface area contributed by atoms with Gasteiger partial charge in [0.25, 0.3) is 0 Å². The zero-order valence-electron chi connectivity index (χ0n) is 9.09. The quantitative estimate of drug-likeness (QED) is 0.901. The Labute approximate surface area is 103 Å². The molecule has 1 aliphatic heterocycles. The normalized spacial score (nSPS) is 16.3. The molecule has 2 rings (SSSR count). The minimum absolute atomic E-state index is 0.324. The second kappa shape index (κ2) is 5.01. The van der Waals surface area contributed by atoms with Crippen LogP contribution >= 0.6 is 15.9 Å². The number of benzene rings is 1. The van der Waals surface area contributed by atoms with Gasteiger partial charge in [0.05, 0.1) is 12.8 Å². The Balaban J connectivity index is 2.36. The first-order chi connectivity index (χ1) is 7.72. The molecule has 0 bridgehead atoms. The number of hydrogen-bond donors (Lipinski definition) is 1. The van der Waals surface area contributed by atoms with Crippen LogP contribution in [0.5, 0.6) is 5.75 Å². The van der Waals surface area contributed by atoms with Gasteiger partial charge >= 0.3 is 0 Å². The van der Waals surface area contributed by atoms with E-state index in [2.05, 4.69) is 26.1 Å². The Morgan fingerprint density at radius 3 is 2.69 bits per heavy atom. The molecule has 0 aromatic heterocycles. The van der Waals surface area contributed by atoms with Gasteiger partial charge in [-0.05, 0) is 12.1 Å². The van der Waals surface area contributed by atoms with E-state index >= 15 is 0 Å². The molecule has 1 aromatic rings. The first kappa shape index (κ1) is 11.7. The van der Waals surface area contributed by atoms with Gasteiger partial charge < -0.3 is 15.0 Å². The van der Waals surface area contributed by atoms with Crippen LogP contribution < -0.4 is 15.0 Å². The molecular weight excluding hydrogens is 275 g/mol. The van der Waals surface area contributed by atoms with E-state index in [1.165, 1.54) is 13.2 Å². The lowest BCUT2D eigenvalue weighted by atomic mass is 10.2. The van der Waals surface area contributed by atoms with Crippen molar-refractivity contribution in [1.29, 1.82) is 0 Å². The van der Waals surface area contributed by atoms with Crippen LogP contribution in [0.2, 0.25) is 0 Å². The molecule has 0 atom stereocenters. The minimum atomic E-state index is -0.328. The molecule has 0 unspecified atom stereocenters. The van der Waals surface area contributed by atoms with E-state index in [0.717, 1.165) is 36.3 Å². The predicted molar refractivity (Wildman–Crippen MR) is 65.7 cm³/mol. The van der Waals surface area contributed by atoms with Gasteiger partial charge in [0.2, 0.25) is 0 Å². The molecule has 0 aliphatic carbocycles. The third-order valence-corrected chi connectivity index (χ3v) is 3.11. The molecule has 0 saturated carbocycles. The van der Waals surface area contributed by atoms with Gasteiger partial charge in [-0.25, -0.2) is 4.39 Å². The SMILES string of the molecule is COc1c(F)cc(Br)cc1N1CCNCC1. The molecular formula is C11H14BrFN2O. The Bertz CT molecular complexity index is 380. The molecule has 1 N–H and O–H groups in total. The summed E-state index contributed by atoms with van der Waals surface area (Å²) in [5.74, 6) is -0.00416. The van der Waals surface area contributed by atoms with Gasteiger partial charge in [0.1, 0.15) is 0 Å². The van der Waals surface area contributed by atoms with E-state index in [4.69, 9.17) is 4.74 Å². The summed E-state index contributed by atoms with van der Waals surface area (Å²) in [6.45, 7) is 3.56. The number of rotatable bonds is 2. The number of anilines is 1. The Hall–Kier alpha value is -0.810. The van der Waals surface area contributed by atoms with E-state index in [0.29, 0.717) is 5.75 Å². The lowest BCUT2D eigenvalue weighted by Crippen LogP contribution is -2.43. The second-order valence-corrected chi connectivity index (χ2v) is 4.59. The fourth-order valence-corrected chi connectivity index (χ4v) is 2.31. The first-order valence-corrected chi connectivity index (χ1v) is 6.00. The van der Waals surface area contributed by atoms with Gasteiger partial charge in [-0.15, -0.1) is 0 Å². The highest BCUT2D eigenvalue weighted by Crippen LogP contribution is 2.34. The maximum atomic E-state index is 13.7. The van der Waals surface area contributed by atoms with Crippen LogP contribution in [0.3, 0.4) is 0 Å². The Kier molecular flexibility index (Phi) is 3.66. The van der Waals surface area contributed by atoms with Crippen molar-refractivity contribution >= 4 is 21.6 Å². The van der Waals surface area contributed by atoms with Crippen LogP contribution in [-0.4, -0.2) is 33.3 Å². The van der Waals surface area contributed by atoms with Crippen molar-refractivity contribution in [2.45, 2.75) is 0 Å². The third-order valence-electron chi connectivity index (χ3n) is 2.65. The molecule has 0 amide bonds. The van der Waals surface area contributed by atoms with Gasteiger partial charge in [-0.1, -0.05) is 15.9 Å². The number of nitrogens with zero attached hydrogens (tertiary/aromatic N) is 1. The molecule has 0 spiro atoms. The number of nitrogens with one attached hydrogen (secondary N) is 1. The van der Waals surface area contributed by atoms with Crippen molar-refractivity contribution in [3.63, 3.8) is 0 Å². The van der Waals surface area contributed by atoms with E-state index in [1.807, 2.05) is 6.07 Å². The smallest absolute Gasteiger partial charge is 0.177 e. The summed E-state index contributed by atoms with van der Waals surface area (Å²) < 4.78 is 19.5. The molecule has 88 valence electrons. The number of hydrogen-bond acceptors (Lipinski definition) is 3. The fourth-order valence-electron chi connectivity index (χ4n) is 1.89. The van der Waals surface area contributed by atoms with Gasteiger partial charge in [0, 0.05) is 30.7 Å². The molecule has 5 heteroatoms. The Morgan fingerprint density at radius 1 is 1.38 bits per heavy atom. The first-order valence-electron chi connectivity index (χ1n) is 5.21. The van der Waals surface area contributed by atoms with Crippen LogP contribution in [0.4, 0.5) is 10.1 Å². The number of methoxy groups -OCH3 is 1. The topological polar surface area (TPSA) is 24.5 Å². The highest BCUT2D eigenvalue weighted by molar-refractivity contribution is 9.10. The molecule has 1 aliphatic rings. The van der Waals surface area contributed by atoms with Gasteiger partial charge in [0.15, 0.2) is 11.6 Å². The van der Waals surface area contributed by atoms with Crippen LogP contribution in [0.25, 0.3) is 0 Å². The minimum Gasteiger partial charge on any atom is -0.492 e. The molecule has 1 saturated heterocycles. The van der Waals surface area contributed by atoms with Crippen molar-refractivity contribution in [1.82, 2.24) is 5.32 Å². The summed E-state index contributed by atoms with van der Waals surface area (Å²) in [6, 6.07) is 3.32. The highest BCUT2D eigenvalue weighted by atomic mass is 79.9. The average molecular weight is 289 g/mol. The number of halogens is 2. The second-order valence-electron chi connectivity index (χ2n) is 3.68. The standard InChI is InChI=1S/C11H14BrFN2O/c1-16-11-9(13)6-8(12)7-10(11)15-4-2-14-3-5-15/h6-7,14H,2-5H2,1H3. The Morgan fingerprint density at radius 2 is 2.06 bits per heavy atom.